The van der Waals surface area contributed by atoms with Gasteiger partial charge in [-0.3, -0.25) is 14.9 Å². The van der Waals surface area contributed by atoms with E-state index in [-0.39, 0.29) is 16.7 Å². The topological polar surface area (TPSA) is 102 Å². The Morgan fingerprint density at radius 3 is 2.57 bits per heavy atom. The largest absolute Gasteiger partial charge is 0.493 e. The Balaban J connectivity index is 1.81. The van der Waals surface area contributed by atoms with Gasteiger partial charge in [-0.2, -0.15) is 0 Å². The van der Waals surface area contributed by atoms with Crippen LogP contribution in [0.25, 0.3) is 0 Å². The second-order valence-electron chi connectivity index (χ2n) is 6.18. The summed E-state index contributed by atoms with van der Waals surface area (Å²) < 4.78 is 11.6. The molecule has 0 aromatic heterocycles. The number of thioether (sulfide) groups is 1. The van der Waals surface area contributed by atoms with Crippen LogP contribution in [0.15, 0.2) is 36.4 Å². The molecule has 2 aromatic carbocycles. The minimum atomic E-state index is -0.995. The van der Waals surface area contributed by atoms with Crippen molar-refractivity contribution in [2.75, 3.05) is 6.61 Å². The molecule has 146 valence electrons. The van der Waals surface area contributed by atoms with Crippen molar-refractivity contribution in [3.05, 3.63) is 53.1 Å². The molecule has 2 aromatic rings. The van der Waals surface area contributed by atoms with E-state index in [2.05, 4.69) is 5.32 Å². The molecule has 7 nitrogen and oxygen atoms in total. The highest BCUT2D eigenvalue weighted by Crippen LogP contribution is 2.33. The van der Waals surface area contributed by atoms with Crippen LogP contribution in [0.2, 0.25) is 0 Å². The van der Waals surface area contributed by atoms with Crippen LogP contribution in [0.3, 0.4) is 0 Å². The molecule has 0 radical (unpaired) electrons. The summed E-state index contributed by atoms with van der Waals surface area (Å²) >= 11 is 0.973. The highest BCUT2D eigenvalue weighted by Gasteiger charge is 2.32. The molecule has 1 aliphatic heterocycles. The monoisotopic (exact) mass is 401 g/mol. The maximum atomic E-state index is 11.8. The summed E-state index contributed by atoms with van der Waals surface area (Å²) in [4.78, 5) is 34.2. The van der Waals surface area contributed by atoms with Gasteiger partial charge in [-0.15, -0.1) is 0 Å². The van der Waals surface area contributed by atoms with E-state index in [0.29, 0.717) is 35.8 Å². The number of hydrogen-bond donors (Lipinski definition) is 2. The summed E-state index contributed by atoms with van der Waals surface area (Å²) in [5, 5.41) is 10.5. The molecule has 0 saturated carbocycles. The van der Waals surface area contributed by atoms with Gasteiger partial charge >= 0.3 is 5.97 Å². The van der Waals surface area contributed by atoms with Gasteiger partial charge in [-0.25, -0.2) is 4.79 Å². The van der Waals surface area contributed by atoms with Crippen LogP contribution >= 0.6 is 11.8 Å². The van der Waals surface area contributed by atoms with Crippen LogP contribution in [0.5, 0.6) is 17.2 Å². The van der Waals surface area contributed by atoms with Gasteiger partial charge in [0.2, 0.25) is 5.91 Å². The van der Waals surface area contributed by atoms with Crippen molar-refractivity contribution in [3.8, 4) is 17.2 Å². The molecule has 1 unspecified atom stereocenters. The van der Waals surface area contributed by atoms with Gasteiger partial charge in [0.1, 0.15) is 17.2 Å². The van der Waals surface area contributed by atoms with Gasteiger partial charge in [0.05, 0.1) is 17.4 Å². The minimum absolute atomic E-state index is 0.192. The van der Waals surface area contributed by atoms with Crippen molar-refractivity contribution in [1.29, 1.82) is 0 Å². The Hall–Kier alpha value is -3.00. The van der Waals surface area contributed by atoms with Crippen LogP contribution in [-0.4, -0.2) is 34.1 Å². The van der Waals surface area contributed by atoms with Gasteiger partial charge in [0, 0.05) is 6.07 Å². The van der Waals surface area contributed by atoms with Crippen molar-refractivity contribution in [1.82, 2.24) is 5.32 Å². The van der Waals surface area contributed by atoms with Gasteiger partial charge < -0.3 is 14.6 Å². The Labute approximate surface area is 166 Å². The molecular weight excluding hydrogens is 382 g/mol. The SMILES string of the molecule is CCOc1cc(Oc2ccc(C(=O)O)cc2C)ccc1CC1SC(=O)NC1=O. The number of aromatic carboxylic acids is 1. The predicted molar refractivity (Wildman–Crippen MR) is 104 cm³/mol. The fourth-order valence-electron chi connectivity index (χ4n) is 2.81. The van der Waals surface area contributed by atoms with E-state index in [1.165, 1.54) is 6.07 Å². The molecule has 1 saturated heterocycles. The van der Waals surface area contributed by atoms with E-state index in [0.717, 1.165) is 17.3 Å². The third kappa shape index (κ3) is 4.45. The highest BCUT2D eigenvalue weighted by molar-refractivity contribution is 8.15. The van der Waals surface area contributed by atoms with Crippen LogP contribution in [0, 0.1) is 6.92 Å². The van der Waals surface area contributed by atoms with E-state index in [1.54, 1.807) is 37.3 Å². The summed E-state index contributed by atoms with van der Waals surface area (Å²) in [5.41, 5.74) is 1.69. The normalized spacial score (nSPS) is 16.0. The lowest BCUT2D eigenvalue weighted by Crippen LogP contribution is -2.25. The lowest BCUT2D eigenvalue weighted by Gasteiger charge is -2.15. The molecule has 1 heterocycles. The predicted octanol–water partition coefficient (Wildman–Crippen LogP) is 3.78. The molecule has 0 spiro atoms. The first-order valence-electron chi connectivity index (χ1n) is 8.66. The quantitative estimate of drug-likeness (QED) is 0.728. The first-order chi connectivity index (χ1) is 13.4. The average molecular weight is 401 g/mol. The number of rotatable bonds is 7. The highest BCUT2D eigenvalue weighted by atomic mass is 32.2. The lowest BCUT2D eigenvalue weighted by molar-refractivity contribution is -0.118. The Bertz CT molecular complexity index is 942. The third-order valence-corrected chi connectivity index (χ3v) is 5.14. The maximum Gasteiger partial charge on any atom is 0.335 e. The number of ether oxygens (including phenoxy) is 2. The van der Waals surface area contributed by atoms with Crippen LogP contribution < -0.4 is 14.8 Å². The van der Waals surface area contributed by atoms with Crippen molar-refractivity contribution < 1.29 is 29.0 Å². The summed E-state index contributed by atoms with van der Waals surface area (Å²) in [7, 11) is 0. The number of aryl methyl sites for hydroxylation is 1. The summed E-state index contributed by atoms with van der Waals surface area (Å²) in [6.07, 6.45) is 0.365. The van der Waals surface area contributed by atoms with Gasteiger partial charge in [-0.1, -0.05) is 17.8 Å². The number of hydrogen-bond acceptors (Lipinski definition) is 6. The van der Waals surface area contributed by atoms with Gasteiger partial charge in [0.25, 0.3) is 5.24 Å². The van der Waals surface area contributed by atoms with Crippen molar-refractivity contribution >= 4 is 28.9 Å². The van der Waals surface area contributed by atoms with E-state index in [9.17, 15) is 14.4 Å². The minimum Gasteiger partial charge on any atom is -0.493 e. The molecule has 8 heteroatoms. The summed E-state index contributed by atoms with van der Waals surface area (Å²) in [5.74, 6) is 0.346. The fourth-order valence-corrected chi connectivity index (χ4v) is 3.65. The smallest absolute Gasteiger partial charge is 0.335 e. The Morgan fingerprint density at radius 1 is 1.18 bits per heavy atom. The standard InChI is InChI=1S/C20H19NO6S/c1-3-26-16-10-14(27-15-7-5-13(19(23)24)8-11(15)2)6-4-12(16)9-17-18(22)21-20(25)28-17/h4-8,10,17H,3,9H2,1-2H3,(H,23,24)(H,21,22,25). The van der Waals surface area contributed by atoms with Gasteiger partial charge in [-0.05, 0) is 55.7 Å². The van der Waals surface area contributed by atoms with E-state index < -0.39 is 11.2 Å². The Kier molecular flexibility index (Phi) is 5.89. The third-order valence-electron chi connectivity index (χ3n) is 4.16. The number of imide groups is 1. The molecule has 1 fully saturated rings. The number of carbonyl (C=O) groups is 3. The molecular formula is C20H19NO6S. The molecule has 1 atom stereocenters. The number of carbonyl (C=O) groups excluding carboxylic acids is 2. The fraction of sp³-hybridized carbons (Fsp3) is 0.250. The van der Waals surface area contributed by atoms with Crippen LogP contribution in [-0.2, 0) is 11.2 Å². The molecule has 2 N–H and O–H groups in total. The van der Waals surface area contributed by atoms with E-state index >= 15 is 0 Å². The number of carboxylic acids is 1. The summed E-state index contributed by atoms with van der Waals surface area (Å²) in [6.45, 7) is 4.06. The molecule has 2 amide bonds. The molecule has 3 rings (SSSR count). The van der Waals surface area contributed by atoms with Crippen LogP contribution in [0.1, 0.15) is 28.4 Å². The van der Waals surface area contributed by atoms with Crippen molar-refractivity contribution in [2.24, 2.45) is 0 Å². The lowest BCUT2D eigenvalue weighted by atomic mass is 10.1. The number of nitrogens with one attached hydrogen (secondary N) is 1. The number of carboxylic acid groups (broad SMARTS) is 1. The molecule has 28 heavy (non-hydrogen) atoms. The van der Waals surface area contributed by atoms with Gasteiger partial charge in [0.15, 0.2) is 0 Å². The van der Waals surface area contributed by atoms with E-state index in [1.807, 2.05) is 6.92 Å². The Morgan fingerprint density at radius 2 is 1.96 bits per heavy atom. The zero-order chi connectivity index (χ0) is 20.3. The maximum absolute atomic E-state index is 11.8. The van der Waals surface area contributed by atoms with E-state index in [4.69, 9.17) is 14.6 Å². The second-order valence-corrected chi connectivity index (χ2v) is 7.35. The number of amides is 2. The zero-order valence-electron chi connectivity index (χ0n) is 15.4. The molecule has 0 aliphatic carbocycles. The van der Waals surface area contributed by atoms with Crippen LogP contribution in [0.4, 0.5) is 4.79 Å². The van der Waals surface area contributed by atoms with Crippen molar-refractivity contribution in [2.45, 2.75) is 25.5 Å². The average Bonchev–Trinajstić information content (AvgIpc) is 2.96. The zero-order valence-corrected chi connectivity index (χ0v) is 16.2. The summed E-state index contributed by atoms with van der Waals surface area (Å²) in [6, 6.07) is 9.92. The number of benzene rings is 2. The molecule has 1 aliphatic rings. The molecule has 0 bridgehead atoms. The second kappa shape index (κ2) is 8.35. The first-order valence-corrected chi connectivity index (χ1v) is 9.54. The van der Waals surface area contributed by atoms with Crippen molar-refractivity contribution in [3.63, 3.8) is 0 Å². The first kappa shape index (κ1) is 19.8.